The number of benzene rings is 1. The Morgan fingerprint density at radius 1 is 1.54 bits per heavy atom. The van der Waals surface area contributed by atoms with Crippen LogP contribution in [0.4, 0.5) is 10.1 Å². The summed E-state index contributed by atoms with van der Waals surface area (Å²) in [6.45, 7) is 2.48. The highest BCUT2D eigenvalue weighted by atomic mass is 19.1. The van der Waals surface area contributed by atoms with Gasteiger partial charge in [-0.05, 0) is 25.1 Å². The zero-order valence-corrected chi connectivity index (χ0v) is 7.17. The Labute approximate surface area is 75.2 Å². The molecule has 0 aromatic heterocycles. The van der Waals surface area contributed by atoms with E-state index in [4.69, 9.17) is 5.11 Å². The molecule has 0 heterocycles. The molecule has 1 aromatic carbocycles. The summed E-state index contributed by atoms with van der Waals surface area (Å²) in [7, 11) is 0. The molecular weight excluding hydrogens is 173 g/mol. The van der Waals surface area contributed by atoms with Crippen molar-refractivity contribution in [2.75, 3.05) is 11.9 Å². The summed E-state index contributed by atoms with van der Waals surface area (Å²) in [6.07, 6.45) is 0. The summed E-state index contributed by atoms with van der Waals surface area (Å²) in [4.78, 5) is 10.5. The third-order valence-corrected chi connectivity index (χ3v) is 1.53. The summed E-state index contributed by atoms with van der Waals surface area (Å²) in [5, 5.41) is 11.4. The van der Waals surface area contributed by atoms with E-state index in [1.165, 1.54) is 12.1 Å². The summed E-state index contributed by atoms with van der Waals surface area (Å²) < 4.78 is 12.8. The maximum Gasteiger partial charge on any atom is 0.335 e. The van der Waals surface area contributed by atoms with Crippen molar-refractivity contribution in [1.82, 2.24) is 0 Å². The van der Waals surface area contributed by atoms with Crippen LogP contribution in [-0.4, -0.2) is 17.6 Å². The van der Waals surface area contributed by atoms with Gasteiger partial charge in [0, 0.05) is 12.2 Å². The highest BCUT2D eigenvalue weighted by molar-refractivity contribution is 5.88. The van der Waals surface area contributed by atoms with Crippen LogP contribution >= 0.6 is 0 Å². The van der Waals surface area contributed by atoms with Crippen LogP contribution in [0, 0.1) is 5.82 Å². The predicted octanol–water partition coefficient (Wildman–Crippen LogP) is 1.96. The van der Waals surface area contributed by atoms with Crippen molar-refractivity contribution in [3.8, 4) is 0 Å². The summed E-state index contributed by atoms with van der Waals surface area (Å²) in [6, 6.07) is 3.65. The molecule has 0 aliphatic heterocycles. The fraction of sp³-hybridized carbons (Fsp3) is 0.222. The number of halogens is 1. The average molecular weight is 183 g/mol. The normalized spacial score (nSPS) is 9.69. The number of carbonyl (C=O) groups is 1. The second-order valence-electron chi connectivity index (χ2n) is 2.56. The van der Waals surface area contributed by atoms with Gasteiger partial charge >= 0.3 is 5.97 Å². The SMILES string of the molecule is CCNc1cc(F)cc(C(=O)O)c1. The van der Waals surface area contributed by atoms with Gasteiger partial charge in [-0.2, -0.15) is 0 Å². The van der Waals surface area contributed by atoms with Crippen molar-refractivity contribution in [3.05, 3.63) is 29.6 Å². The van der Waals surface area contributed by atoms with Crippen LogP contribution < -0.4 is 5.32 Å². The van der Waals surface area contributed by atoms with Crippen LogP contribution in [0.3, 0.4) is 0 Å². The van der Waals surface area contributed by atoms with Crippen molar-refractivity contribution < 1.29 is 14.3 Å². The topological polar surface area (TPSA) is 49.3 Å². The Bertz CT molecular complexity index is 325. The number of carboxylic acids is 1. The van der Waals surface area contributed by atoms with Crippen molar-refractivity contribution in [2.24, 2.45) is 0 Å². The molecule has 0 amide bonds. The third kappa shape index (κ3) is 2.43. The van der Waals surface area contributed by atoms with Gasteiger partial charge in [0.05, 0.1) is 5.56 Å². The molecule has 70 valence electrons. The average Bonchev–Trinajstić information content (AvgIpc) is 2.03. The first-order chi connectivity index (χ1) is 6.13. The number of hydrogen-bond acceptors (Lipinski definition) is 2. The molecule has 1 rings (SSSR count). The van der Waals surface area contributed by atoms with Gasteiger partial charge < -0.3 is 10.4 Å². The molecule has 0 unspecified atom stereocenters. The van der Waals surface area contributed by atoms with Crippen molar-refractivity contribution in [3.63, 3.8) is 0 Å². The molecule has 1 aromatic rings. The fourth-order valence-electron chi connectivity index (χ4n) is 1.02. The first kappa shape index (κ1) is 9.51. The molecule has 0 fully saturated rings. The monoisotopic (exact) mass is 183 g/mol. The fourth-order valence-corrected chi connectivity index (χ4v) is 1.02. The van der Waals surface area contributed by atoms with Crippen LogP contribution in [0.2, 0.25) is 0 Å². The van der Waals surface area contributed by atoms with Crippen LogP contribution in [0.5, 0.6) is 0 Å². The number of aromatic carboxylic acids is 1. The molecule has 0 bridgehead atoms. The molecule has 2 N–H and O–H groups in total. The standard InChI is InChI=1S/C9H10FNO2/c1-2-11-8-4-6(9(12)13)3-7(10)5-8/h3-5,11H,2H2,1H3,(H,12,13). The summed E-state index contributed by atoms with van der Waals surface area (Å²) in [5.74, 6) is -1.67. The van der Waals surface area contributed by atoms with E-state index in [2.05, 4.69) is 5.32 Å². The lowest BCUT2D eigenvalue weighted by atomic mass is 10.2. The lowest BCUT2D eigenvalue weighted by Gasteiger charge is -2.04. The molecule has 0 saturated carbocycles. The smallest absolute Gasteiger partial charge is 0.335 e. The molecule has 0 radical (unpaired) electrons. The van der Waals surface area contributed by atoms with E-state index >= 15 is 0 Å². The molecule has 13 heavy (non-hydrogen) atoms. The van der Waals surface area contributed by atoms with Gasteiger partial charge in [0.25, 0.3) is 0 Å². The minimum absolute atomic E-state index is 0.0454. The summed E-state index contributed by atoms with van der Waals surface area (Å²) >= 11 is 0. The molecule has 4 heteroatoms. The van der Waals surface area contributed by atoms with E-state index in [0.717, 1.165) is 6.07 Å². The van der Waals surface area contributed by atoms with E-state index in [9.17, 15) is 9.18 Å². The van der Waals surface area contributed by atoms with Gasteiger partial charge in [-0.3, -0.25) is 0 Å². The highest BCUT2D eigenvalue weighted by Gasteiger charge is 2.05. The largest absolute Gasteiger partial charge is 0.478 e. The number of nitrogens with one attached hydrogen (secondary N) is 1. The second-order valence-corrected chi connectivity index (χ2v) is 2.56. The van der Waals surface area contributed by atoms with E-state index in [-0.39, 0.29) is 5.56 Å². The van der Waals surface area contributed by atoms with Crippen LogP contribution in [-0.2, 0) is 0 Å². The first-order valence-corrected chi connectivity index (χ1v) is 3.91. The van der Waals surface area contributed by atoms with Gasteiger partial charge in [-0.15, -0.1) is 0 Å². The van der Waals surface area contributed by atoms with Gasteiger partial charge in [0.2, 0.25) is 0 Å². The van der Waals surface area contributed by atoms with Gasteiger partial charge in [0.15, 0.2) is 0 Å². The minimum atomic E-state index is -1.13. The molecule has 0 aliphatic carbocycles. The Balaban J connectivity index is 3.03. The van der Waals surface area contributed by atoms with Crippen molar-refractivity contribution in [1.29, 1.82) is 0 Å². The Hall–Kier alpha value is -1.58. The van der Waals surface area contributed by atoms with E-state index in [1.807, 2.05) is 6.92 Å². The number of anilines is 1. The number of hydrogen-bond donors (Lipinski definition) is 2. The van der Waals surface area contributed by atoms with Gasteiger partial charge in [-0.1, -0.05) is 0 Å². The molecule has 0 saturated heterocycles. The maximum absolute atomic E-state index is 12.8. The van der Waals surface area contributed by atoms with Crippen LogP contribution in [0.1, 0.15) is 17.3 Å². The van der Waals surface area contributed by atoms with E-state index < -0.39 is 11.8 Å². The first-order valence-electron chi connectivity index (χ1n) is 3.91. The lowest BCUT2D eigenvalue weighted by molar-refractivity contribution is 0.0696. The van der Waals surface area contributed by atoms with Crippen LogP contribution in [0.15, 0.2) is 18.2 Å². The highest BCUT2D eigenvalue weighted by Crippen LogP contribution is 2.13. The van der Waals surface area contributed by atoms with Crippen molar-refractivity contribution >= 4 is 11.7 Å². The zero-order valence-electron chi connectivity index (χ0n) is 7.17. The summed E-state index contributed by atoms with van der Waals surface area (Å²) in [5.41, 5.74) is 0.441. The minimum Gasteiger partial charge on any atom is -0.478 e. The Kier molecular flexibility index (Phi) is 2.84. The van der Waals surface area contributed by atoms with E-state index in [1.54, 1.807) is 0 Å². The molecule has 0 atom stereocenters. The predicted molar refractivity (Wildman–Crippen MR) is 47.5 cm³/mol. The Morgan fingerprint density at radius 2 is 2.23 bits per heavy atom. The lowest BCUT2D eigenvalue weighted by Crippen LogP contribution is -2.01. The number of carboxylic acid groups (broad SMARTS) is 1. The quantitative estimate of drug-likeness (QED) is 0.753. The van der Waals surface area contributed by atoms with Crippen LogP contribution in [0.25, 0.3) is 0 Å². The van der Waals surface area contributed by atoms with Gasteiger partial charge in [0.1, 0.15) is 5.82 Å². The van der Waals surface area contributed by atoms with Crippen molar-refractivity contribution in [2.45, 2.75) is 6.92 Å². The molecular formula is C9H10FNO2. The second kappa shape index (κ2) is 3.89. The molecule has 0 aliphatic rings. The number of rotatable bonds is 3. The maximum atomic E-state index is 12.8. The molecule has 0 spiro atoms. The van der Waals surface area contributed by atoms with Gasteiger partial charge in [-0.25, -0.2) is 9.18 Å². The van der Waals surface area contributed by atoms with E-state index in [0.29, 0.717) is 12.2 Å². The molecule has 3 nitrogen and oxygen atoms in total. The Morgan fingerprint density at radius 3 is 2.77 bits per heavy atom. The third-order valence-electron chi connectivity index (χ3n) is 1.53. The zero-order chi connectivity index (χ0) is 9.84.